The van der Waals surface area contributed by atoms with Crippen LogP contribution in [0.3, 0.4) is 0 Å². The van der Waals surface area contributed by atoms with Gasteiger partial charge in [-0.25, -0.2) is 9.97 Å². The minimum Gasteiger partial charge on any atom is -0.492 e. The number of rotatable bonds is 4. The van der Waals surface area contributed by atoms with Crippen LogP contribution < -0.4 is 10.5 Å². The predicted octanol–water partition coefficient (Wildman–Crippen LogP) is 2.10. The monoisotopic (exact) mass is 243 g/mol. The molecule has 4 heteroatoms. The van der Waals surface area contributed by atoms with Crippen LogP contribution in [0.25, 0.3) is 11.4 Å². The van der Waals surface area contributed by atoms with Crippen LogP contribution in [0.1, 0.15) is 11.4 Å². The fourth-order valence-electron chi connectivity index (χ4n) is 1.73. The van der Waals surface area contributed by atoms with Gasteiger partial charge in [0.25, 0.3) is 0 Å². The Labute approximate surface area is 107 Å². The highest BCUT2D eigenvalue weighted by Crippen LogP contribution is 2.19. The molecule has 0 bridgehead atoms. The van der Waals surface area contributed by atoms with Crippen LogP contribution in [0.5, 0.6) is 5.75 Å². The fraction of sp³-hybridized carbons (Fsp3) is 0.286. The lowest BCUT2D eigenvalue weighted by Gasteiger charge is -2.06. The number of nitrogens with zero attached hydrogens (tertiary/aromatic N) is 2. The van der Waals surface area contributed by atoms with Gasteiger partial charge >= 0.3 is 0 Å². The molecule has 1 aromatic heterocycles. The largest absolute Gasteiger partial charge is 0.492 e. The first-order valence-corrected chi connectivity index (χ1v) is 5.94. The quantitative estimate of drug-likeness (QED) is 0.893. The van der Waals surface area contributed by atoms with Crippen LogP contribution in [-0.2, 0) is 0 Å². The minimum absolute atomic E-state index is 0.516. The SMILES string of the molecule is Cc1cc(C)nc(-c2ccc(OCCN)cc2)n1. The van der Waals surface area contributed by atoms with Crippen molar-refractivity contribution in [3.8, 4) is 17.1 Å². The molecule has 0 saturated carbocycles. The summed E-state index contributed by atoms with van der Waals surface area (Å²) >= 11 is 0. The Morgan fingerprint density at radius 2 is 1.67 bits per heavy atom. The van der Waals surface area contributed by atoms with Crippen LogP contribution in [0.2, 0.25) is 0 Å². The number of nitrogens with two attached hydrogens (primary N) is 1. The second-order valence-corrected chi connectivity index (χ2v) is 4.14. The summed E-state index contributed by atoms with van der Waals surface area (Å²) in [7, 11) is 0. The fourth-order valence-corrected chi connectivity index (χ4v) is 1.73. The van der Waals surface area contributed by atoms with Gasteiger partial charge < -0.3 is 10.5 Å². The van der Waals surface area contributed by atoms with Crippen molar-refractivity contribution in [1.29, 1.82) is 0 Å². The molecule has 0 unspecified atom stereocenters. The number of aromatic nitrogens is 2. The Bertz CT molecular complexity index is 503. The van der Waals surface area contributed by atoms with Gasteiger partial charge in [0.2, 0.25) is 0 Å². The van der Waals surface area contributed by atoms with E-state index < -0.39 is 0 Å². The van der Waals surface area contributed by atoms with E-state index in [4.69, 9.17) is 10.5 Å². The number of hydrogen-bond acceptors (Lipinski definition) is 4. The Hall–Kier alpha value is -1.94. The van der Waals surface area contributed by atoms with Gasteiger partial charge in [0.1, 0.15) is 12.4 Å². The van der Waals surface area contributed by atoms with Gasteiger partial charge in [-0.15, -0.1) is 0 Å². The highest BCUT2D eigenvalue weighted by atomic mass is 16.5. The normalized spacial score (nSPS) is 10.4. The van der Waals surface area contributed by atoms with E-state index in [9.17, 15) is 0 Å². The molecule has 2 N–H and O–H groups in total. The van der Waals surface area contributed by atoms with Crippen LogP contribution in [0, 0.1) is 13.8 Å². The summed E-state index contributed by atoms with van der Waals surface area (Å²) < 4.78 is 5.43. The third-order valence-electron chi connectivity index (χ3n) is 2.48. The molecule has 0 radical (unpaired) electrons. The van der Waals surface area contributed by atoms with Crippen molar-refractivity contribution in [2.45, 2.75) is 13.8 Å². The number of ether oxygens (including phenoxy) is 1. The maximum absolute atomic E-state index is 5.43. The van der Waals surface area contributed by atoms with Gasteiger partial charge in [0, 0.05) is 23.5 Å². The number of aryl methyl sites for hydroxylation is 2. The molecule has 0 fully saturated rings. The predicted molar refractivity (Wildman–Crippen MR) is 71.5 cm³/mol. The molecule has 0 atom stereocenters. The van der Waals surface area contributed by atoms with Gasteiger partial charge in [0.05, 0.1) is 0 Å². The molecule has 94 valence electrons. The molecule has 0 aliphatic carbocycles. The van der Waals surface area contributed by atoms with E-state index in [2.05, 4.69) is 9.97 Å². The molecule has 18 heavy (non-hydrogen) atoms. The molecule has 4 nitrogen and oxygen atoms in total. The Morgan fingerprint density at radius 3 is 2.22 bits per heavy atom. The third-order valence-corrected chi connectivity index (χ3v) is 2.48. The first kappa shape index (κ1) is 12.5. The maximum atomic E-state index is 5.43. The van der Waals surface area contributed by atoms with E-state index >= 15 is 0 Å². The van der Waals surface area contributed by atoms with E-state index in [0.29, 0.717) is 13.2 Å². The van der Waals surface area contributed by atoms with Crippen LogP contribution in [-0.4, -0.2) is 23.1 Å². The summed E-state index contributed by atoms with van der Waals surface area (Å²) in [5.74, 6) is 1.56. The topological polar surface area (TPSA) is 61.0 Å². The molecular weight excluding hydrogens is 226 g/mol. The van der Waals surface area contributed by atoms with Gasteiger partial charge in [-0.1, -0.05) is 0 Å². The zero-order valence-corrected chi connectivity index (χ0v) is 10.7. The van der Waals surface area contributed by atoms with Crippen molar-refractivity contribution >= 4 is 0 Å². The molecule has 0 aliphatic heterocycles. The molecule has 1 aromatic carbocycles. The van der Waals surface area contributed by atoms with Crippen molar-refractivity contribution in [2.24, 2.45) is 5.73 Å². The maximum Gasteiger partial charge on any atom is 0.159 e. The number of hydrogen-bond donors (Lipinski definition) is 1. The van der Waals surface area contributed by atoms with E-state index in [1.54, 1.807) is 0 Å². The van der Waals surface area contributed by atoms with Crippen molar-refractivity contribution in [3.63, 3.8) is 0 Å². The lowest BCUT2D eigenvalue weighted by atomic mass is 10.2. The van der Waals surface area contributed by atoms with Gasteiger partial charge in [0.15, 0.2) is 5.82 Å². The summed E-state index contributed by atoms with van der Waals surface area (Å²) in [5.41, 5.74) is 8.32. The average molecular weight is 243 g/mol. The molecule has 2 aromatic rings. The van der Waals surface area contributed by atoms with E-state index in [1.807, 2.05) is 44.2 Å². The first-order valence-electron chi connectivity index (χ1n) is 5.94. The van der Waals surface area contributed by atoms with Crippen LogP contribution >= 0.6 is 0 Å². The summed E-state index contributed by atoms with van der Waals surface area (Å²) in [5, 5.41) is 0. The van der Waals surface area contributed by atoms with E-state index in [0.717, 1.165) is 28.5 Å². The van der Waals surface area contributed by atoms with Crippen LogP contribution in [0.15, 0.2) is 30.3 Å². The lowest BCUT2D eigenvalue weighted by Crippen LogP contribution is -2.10. The summed E-state index contributed by atoms with van der Waals surface area (Å²) in [6.07, 6.45) is 0. The summed E-state index contributed by atoms with van der Waals surface area (Å²) in [6.45, 7) is 4.98. The van der Waals surface area contributed by atoms with Gasteiger partial charge in [-0.2, -0.15) is 0 Å². The summed E-state index contributed by atoms with van der Waals surface area (Å²) in [4.78, 5) is 8.85. The average Bonchev–Trinajstić information content (AvgIpc) is 2.36. The Balaban J connectivity index is 2.23. The molecule has 2 rings (SSSR count). The van der Waals surface area contributed by atoms with Gasteiger partial charge in [-0.05, 0) is 44.2 Å². The van der Waals surface area contributed by atoms with Crippen molar-refractivity contribution in [3.05, 3.63) is 41.7 Å². The van der Waals surface area contributed by atoms with Crippen molar-refractivity contribution < 1.29 is 4.74 Å². The van der Waals surface area contributed by atoms with Crippen LogP contribution in [0.4, 0.5) is 0 Å². The Morgan fingerprint density at radius 1 is 1.06 bits per heavy atom. The van der Waals surface area contributed by atoms with Crippen molar-refractivity contribution in [1.82, 2.24) is 9.97 Å². The van der Waals surface area contributed by atoms with E-state index in [1.165, 1.54) is 0 Å². The van der Waals surface area contributed by atoms with E-state index in [-0.39, 0.29) is 0 Å². The second kappa shape index (κ2) is 5.60. The summed E-state index contributed by atoms with van der Waals surface area (Å²) in [6, 6.07) is 9.69. The number of benzene rings is 1. The standard InChI is InChI=1S/C14H17N3O/c1-10-9-11(2)17-14(16-10)12-3-5-13(6-4-12)18-8-7-15/h3-6,9H,7-8,15H2,1-2H3. The zero-order chi connectivity index (χ0) is 13.0. The molecule has 1 heterocycles. The highest BCUT2D eigenvalue weighted by molar-refractivity contribution is 5.56. The molecule has 0 saturated heterocycles. The molecule has 0 amide bonds. The molecule has 0 spiro atoms. The third kappa shape index (κ3) is 3.05. The zero-order valence-electron chi connectivity index (χ0n) is 10.7. The lowest BCUT2D eigenvalue weighted by molar-refractivity contribution is 0.328. The first-order chi connectivity index (χ1) is 8.69. The Kier molecular flexibility index (Phi) is 3.89. The van der Waals surface area contributed by atoms with Gasteiger partial charge in [-0.3, -0.25) is 0 Å². The van der Waals surface area contributed by atoms with Crippen molar-refractivity contribution in [2.75, 3.05) is 13.2 Å². The molecular formula is C14H17N3O. The highest BCUT2D eigenvalue weighted by Gasteiger charge is 2.03. The smallest absolute Gasteiger partial charge is 0.159 e. The second-order valence-electron chi connectivity index (χ2n) is 4.14. The minimum atomic E-state index is 0.516. The molecule has 0 aliphatic rings.